The van der Waals surface area contributed by atoms with Gasteiger partial charge in [0.05, 0.1) is 11.0 Å². The molecule has 2 N–H and O–H groups in total. The number of imidazole rings is 1. The molecule has 0 unspecified atom stereocenters. The lowest BCUT2D eigenvalue weighted by Gasteiger charge is -1.91. The molecule has 1 aromatic carbocycles. The fourth-order valence-electron chi connectivity index (χ4n) is 1.38. The molecule has 0 atom stereocenters. The molecule has 0 amide bonds. The highest BCUT2D eigenvalue weighted by Gasteiger charge is 2.06. The van der Waals surface area contributed by atoms with Crippen molar-refractivity contribution in [3.63, 3.8) is 0 Å². The van der Waals surface area contributed by atoms with Crippen LogP contribution in [0.5, 0.6) is 0 Å². The minimum atomic E-state index is 0.494. The van der Waals surface area contributed by atoms with Crippen LogP contribution in [0.2, 0.25) is 0 Å². The lowest BCUT2D eigenvalue weighted by molar-refractivity contribution is 1.10. The third-order valence-electron chi connectivity index (χ3n) is 2.05. The lowest BCUT2D eigenvalue weighted by atomic mass is 10.3. The van der Waals surface area contributed by atoms with Crippen LogP contribution in [-0.4, -0.2) is 17.0 Å². The summed E-state index contributed by atoms with van der Waals surface area (Å²) in [5, 5.41) is 11.7. The smallest absolute Gasteiger partial charge is 0.150 e. The monoisotopic (exact) mass is 198 g/mol. The molecule has 0 spiro atoms. The molecule has 74 valence electrons. The van der Waals surface area contributed by atoms with Crippen molar-refractivity contribution >= 4 is 16.6 Å². The maximum absolute atomic E-state index is 8.92. The van der Waals surface area contributed by atoms with E-state index in [2.05, 4.69) is 21.4 Å². The molecule has 1 aromatic heterocycles. The van der Waals surface area contributed by atoms with Crippen LogP contribution in [0.4, 0.5) is 0 Å². The first kappa shape index (κ1) is 9.28. The van der Waals surface area contributed by atoms with Gasteiger partial charge in [-0.25, -0.2) is 4.98 Å². The Labute approximate surface area is 87.3 Å². The molecule has 0 fully saturated rings. The summed E-state index contributed by atoms with van der Waals surface area (Å²) in [6.45, 7) is 0. The zero-order valence-electron chi connectivity index (χ0n) is 8.28. The Bertz CT molecular complexity index is 512. The van der Waals surface area contributed by atoms with E-state index in [0.29, 0.717) is 11.4 Å². The molecule has 4 nitrogen and oxygen atoms in total. The van der Waals surface area contributed by atoms with Gasteiger partial charge in [0.25, 0.3) is 0 Å². The highest BCUT2D eigenvalue weighted by atomic mass is 14.9. The second kappa shape index (κ2) is 3.84. The average molecular weight is 198 g/mol. The Hall–Kier alpha value is -2.28. The molecule has 0 aliphatic rings. The summed E-state index contributed by atoms with van der Waals surface area (Å²) in [6, 6.07) is 9.77. The summed E-state index contributed by atoms with van der Waals surface area (Å²) in [4.78, 5) is 7.41. The highest BCUT2D eigenvalue weighted by molar-refractivity contribution is 5.81. The van der Waals surface area contributed by atoms with Gasteiger partial charge in [0.15, 0.2) is 5.82 Å². The predicted molar refractivity (Wildman–Crippen MR) is 58.7 cm³/mol. The van der Waals surface area contributed by atoms with Crippen molar-refractivity contribution in [2.45, 2.75) is 0 Å². The van der Waals surface area contributed by atoms with Gasteiger partial charge in [0.1, 0.15) is 11.6 Å². The molecular weight excluding hydrogens is 188 g/mol. The molecular formula is C11H10N4. The summed E-state index contributed by atoms with van der Waals surface area (Å²) in [6.07, 6.45) is 1.62. The van der Waals surface area contributed by atoms with Crippen LogP contribution in [0.3, 0.4) is 0 Å². The average Bonchev–Trinajstić information content (AvgIpc) is 2.69. The Morgan fingerprint density at radius 2 is 2.33 bits per heavy atom. The lowest BCUT2D eigenvalue weighted by Crippen LogP contribution is -1.96. The second-order valence-electron chi connectivity index (χ2n) is 3.06. The minimum Gasteiger partial charge on any atom is -0.393 e. The first-order chi connectivity index (χ1) is 7.35. The number of aromatic amines is 1. The first-order valence-corrected chi connectivity index (χ1v) is 4.58. The van der Waals surface area contributed by atoms with Crippen molar-refractivity contribution in [1.29, 1.82) is 5.26 Å². The van der Waals surface area contributed by atoms with Crippen molar-refractivity contribution in [2.24, 2.45) is 0 Å². The Morgan fingerprint density at radius 3 is 3.00 bits per heavy atom. The van der Waals surface area contributed by atoms with Gasteiger partial charge >= 0.3 is 0 Å². The van der Waals surface area contributed by atoms with Crippen LogP contribution < -0.4 is 5.32 Å². The van der Waals surface area contributed by atoms with Crippen molar-refractivity contribution in [3.8, 4) is 6.07 Å². The van der Waals surface area contributed by atoms with Crippen LogP contribution in [-0.2, 0) is 0 Å². The van der Waals surface area contributed by atoms with E-state index in [0.717, 1.165) is 11.0 Å². The third-order valence-corrected chi connectivity index (χ3v) is 2.05. The topological polar surface area (TPSA) is 64.5 Å². The fourth-order valence-corrected chi connectivity index (χ4v) is 1.38. The van der Waals surface area contributed by atoms with Gasteiger partial charge in [-0.2, -0.15) is 5.26 Å². The van der Waals surface area contributed by atoms with Crippen LogP contribution >= 0.6 is 0 Å². The molecule has 0 aliphatic carbocycles. The molecule has 1 heterocycles. The molecule has 0 bridgehead atoms. The summed E-state index contributed by atoms with van der Waals surface area (Å²) in [7, 11) is 1.75. The van der Waals surface area contributed by atoms with E-state index in [4.69, 9.17) is 5.26 Å². The summed E-state index contributed by atoms with van der Waals surface area (Å²) in [5.74, 6) is 0.591. The zero-order chi connectivity index (χ0) is 10.7. The maximum Gasteiger partial charge on any atom is 0.150 e. The van der Waals surface area contributed by atoms with E-state index >= 15 is 0 Å². The SMILES string of the molecule is CNC=C(C#N)c1nc2ccccc2[nH]1. The van der Waals surface area contributed by atoms with E-state index in [1.807, 2.05) is 24.3 Å². The normalized spacial score (nSPS) is 11.3. The largest absolute Gasteiger partial charge is 0.393 e. The second-order valence-corrected chi connectivity index (χ2v) is 3.06. The van der Waals surface area contributed by atoms with E-state index < -0.39 is 0 Å². The molecule has 4 heteroatoms. The van der Waals surface area contributed by atoms with E-state index in [1.54, 1.807) is 13.2 Å². The van der Waals surface area contributed by atoms with Crippen LogP contribution in [0.15, 0.2) is 30.5 Å². The van der Waals surface area contributed by atoms with Gasteiger partial charge in [0.2, 0.25) is 0 Å². The van der Waals surface area contributed by atoms with Crippen LogP contribution in [0.25, 0.3) is 16.6 Å². The van der Waals surface area contributed by atoms with Crippen LogP contribution in [0.1, 0.15) is 5.82 Å². The molecule has 0 aliphatic heterocycles. The van der Waals surface area contributed by atoms with Crippen LogP contribution in [0, 0.1) is 11.3 Å². The fraction of sp³-hybridized carbons (Fsp3) is 0.0909. The number of aromatic nitrogens is 2. The molecule has 2 rings (SSSR count). The van der Waals surface area contributed by atoms with Crippen molar-refractivity contribution in [2.75, 3.05) is 7.05 Å². The number of benzene rings is 1. The number of hydrogen-bond donors (Lipinski definition) is 2. The van der Waals surface area contributed by atoms with E-state index in [-0.39, 0.29) is 0 Å². The number of nitrogens with zero attached hydrogens (tertiary/aromatic N) is 2. The van der Waals surface area contributed by atoms with Gasteiger partial charge in [0, 0.05) is 13.2 Å². The number of hydrogen-bond acceptors (Lipinski definition) is 3. The third kappa shape index (κ3) is 1.67. The molecule has 0 saturated heterocycles. The predicted octanol–water partition coefficient (Wildman–Crippen LogP) is 1.65. The minimum absolute atomic E-state index is 0.494. The van der Waals surface area contributed by atoms with Gasteiger partial charge in [-0.1, -0.05) is 12.1 Å². The standard InChI is InChI=1S/C11H10N4/c1-13-7-8(6-12)11-14-9-4-2-3-5-10(9)15-11/h2-5,7,13H,1H3,(H,14,15). The summed E-state index contributed by atoms with van der Waals surface area (Å²) in [5.41, 5.74) is 2.29. The summed E-state index contributed by atoms with van der Waals surface area (Å²) < 4.78 is 0. The molecule has 0 saturated carbocycles. The number of fused-ring (bicyclic) bond motifs is 1. The highest BCUT2D eigenvalue weighted by Crippen LogP contribution is 2.15. The zero-order valence-corrected chi connectivity index (χ0v) is 8.28. The number of nitriles is 1. The molecule has 0 radical (unpaired) electrons. The maximum atomic E-state index is 8.92. The first-order valence-electron chi connectivity index (χ1n) is 4.58. The number of rotatable bonds is 2. The van der Waals surface area contributed by atoms with Gasteiger partial charge in [-0.3, -0.25) is 0 Å². The molecule has 15 heavy (non-hydrogen) atoms. The van der Waals surface area contributed by atoms with E-state index in [1.165, 1.54) is 0 Å². The number of H-pyrrole nitrogens is 1. The Balaban J connectivity index is 2.54. The van der Waals surface area contributed by atoms with Gasteiger partial charge in [-0.05, 0) is 12.1 Å². The number of para-hydroxylation sites is 2. The van der Waals surface area contributed by atoms with Crippen molar-refractivity contribution in [3.05, 3.63) is 36.3 Å². The van der Waals surface area contributed by atoms with E-state index in [9.17, 15) is 0 Å². The van der Waals surface area contributed by atoms with Crippen molar-refractivity contribution in [1.82, 2.24) is 15.3 Å². The van der Waals surface area contributed by atoms with Gasteiger partial charge in [-0.15, -0.1) is 0 Å². The summed E-state index contributed by atoms with van der Waals surface area (Å²) >= 11 is 0. The number of allylic oxidation sites excluding steroid dienone is 1. The number of nitrogens with one attached hydrogen (secondary N) is 2. The quantitative estimate of drug-likeness (QED) is 0.721. The molecule has 2 aromatic rings. The van der Waals surface area contributed by atoms with Crippen molar-refractivity contribution < 1.29 is 0 Å². The Kier molecular flexibility index (Phi) is 2.38. The Morgan fingerprint density at radius 1 is 1.53 bits per heavy atom. The van der Waals surface area contributed by atoms with Gasteiger partial charge < -0.3 is 10.3 Å².